The number of esters is 1. The Kier molecular flexibility index (Phi) is 4.62. The van der Waals surface area contributed by atoms with Crippen LogP contribution in [0.5, 0.6) is 0 Å². The average Bonchev–Trinajstić information content (AvgIpc) is 2.27. The molecule has 15 heavy (non-hydrogen) atoms. The minimum Gasteiger partial charge on any atom is -0.462 e. The van der Waals surface area contributed by atoms with E-state index in [1.807, 2.05) is 6.07 Å². The van der Waals surface area contributed by atoms with Gasteiger partial charge in [-0.2, -0.15) is 5.26 Å². The highest BCUT2D eigenvalue weighted by atomic mass is 16.5. The van der Waals surface area contributed by atoms with Crippen molar-refractivity contribution in [3.05, 3.63) is 23.8 Å². The van der Waals surface area contributed by atoms with Crippen LogP contribution in [0, 0.1) is 17.2 Å². The lowest BCUT2D eigenvalue weighted by molar-refractivity contribution is -0.138. The summed E-state index contributed by atoms with van der Waals surface area (Å²) in [4.78, 5) is 11.3. The fourth-order valence-corrected chi connectivity index (χ4v) is 1.56. The molecule has 80 valence electrons. The van der Waals surface area contributed by atoms with Crippen LogP contribution < -0.4 is 0 Å². The van der Waals surface area contributed by atoms with Crippen molar-refractivity contribution >= 4 is 5.97 Å². The number of hydrogen-bond donors (Lipinski definition) is 0. The van der Waals surface area contributed by atoms with Gasteiger partial charge in [-0.25, -0.2) is 4.79 Å². The summed E-state index contributed by atoms with van der Waals surface area (Å²) < 4.78 is 4.79. The zero-order valence-electron chi connectivity index (χ0n) is 8.90. The van der Waals surface area contributed by atoms with E-state index in [4.69, 9.17) is 10.00 Å². The van der Waals surface area contributed by atoms with Crippen molar-refractivity contribution in [3.63, 3.8) is 0 Å². The summed E-state index contributed by atoms with van der Waals surface area (Å²) in [6, 6.07) is 1.90. The minimum absolute atomic E-state index is 0.136. The van der Waals surface area contributed by atoms with E-state index in [0.29, 0.717) is 12.5 Å². The molecule has 1 atom stereocenters. The van der Waals surface area contributed by atoms with Crippen molar-refractivity contribution in [3.8, 4) is 6.07 Å². The number of hydrogen-bond acceptors (Lipinski definition) is 3. The topological polar surface area (TPSA) is 50.1 Å². The predicted molar refractivity (Wildman–Crippen MR) is 56.8 cm³/mol. The SMILES string of the molecule is CCOC(=O)C(C#N)=CC1CC=CCC1. The molecule has 0 N–H and O–H groups in total. The van der Waals surface area contributed by atoms with E-state index in [2.05, 4.69) is 12.2 Å². The number of carbonyl (C=O) groups excluding carboxylic acids is 1. The van der Waals surface area contributed by atoms with Crippen LogP contribution in [0.2, 0.25) is 0 Å². The van der Waals surface area contributed by atoms with E-state index < -0.39 is 5.97 Å². The molecule has 0 saturated carbocycles. The molecule has 0 spiro atoms. The summed E-state index contributed by atoms with van der Waals surface area (Å²) in [6.07, 6.45) is 8.88. The monoisotopic (exact) mass is 205 g/mol. The van der Waals surface area contributed by atoms with E-state index in [1.165, 1.54) is 0 Å². The second-order valence-corrected chi connectivity index (χ2v) is 3.46. The maximum Gasteiger partial charge on any atom is 0.348 e. The van der Waals surface area contributed by atoms with Crippen molar-refractivity contribution in [1.29, 1.82) is 5.26 Å². The fourth-order valence-electron chi connectivity index (χ4n) is 1.56. The molecule has 3 nitrogen and oxygen atoms in total. The predicted octanol–water partition coefficient (Wildman–Crippen LogP) is 2.36. The van der Waals surface area contributed by atoms with E-state index >= 15 is 0 Å². The summed E-state index contributed by atoms with van der Waals surface area (Å²) in [5.74, 6) is -0.205. The first kappa shape index (κ1) is 11.5. The Morgan fingerprint density at radius 2 is 2.47 bits per heavy atom. The van der Waals surface area contributed by atoms with Gasteiger partial charge in [0.1, 0.15) is 11.6 Å². The molecule has 0 saturated heterocycles. The smallest absolute Gasteiger partial charge is 0.348 e. The van der Waals surface area contributed by atoms with Crippen LogP contribution in [0.4, 0.5) is 0 Å². The van der Waals surface area contributed by atoms with Crippen LogP contribution in [0.15, 0.2) is 23.8 Å². The number of allylic oxidation sites excluding steroid dienone is 3. The molecule has 1 unspecified atom stereocenters. The molecule has 3 heteroatoms. The number of carbonyl (C=O) groups is 1. The van der Waals surface area contributed by atoms with E-state index in [0.717, 1.165) is 19.3 Å². The summed E-state index contributed by atoms with van der Waals surface area (Å²) in [5, 5.41) is 8.82. The molecule has 0 aromatic rings. The number of nitriles is 1. The first-order valence-corrected chi connectivity index (χ1v) is 5.22. The Bertz CT molecular complexity index is 323. The molecule has 0 aromatic heterocycles. The number of rotatable bonds is 3. The van der Waals surface area contributed by atoms with Gasteiger partial charge < -0.3 is 4.74 Å². The van der Waals surface area contributed by atoms with Crippen molar-refractivity contribution in [2.75, 3.05) is 6.61 Å². The van der Waals surface area contributed by atoms with Gasteiger partial charge >= 0.3 is 5.97 Å². The third-order valence-electron chi connectivity index (χ3n) is 2.33. The van der Waals surface area contributed by atoms with Gasteiger partial charge in [-0.15, -0.1) is 0 Å². The lowest BCUT2D eigenvalue weighted by atomic mass is 9.92. The van der Waals surface area contributed by atoms with Gasteiger partial charge in [-0.1, -0.05) is 18.2 Å². The summed E-state index contributed by atoms with van der Waals surface area (Å²) in [5.41, 5.74) is 0.136. The minimum atomic E-state index is -0.505. The first-order chi connectivity index (χ1) is 7.27. The number of ether oxygens (including phenoxy) is 1. The van der Waals surface area contributed by atoms with Crippen molar-refractivity contribution in [2.24, 2.45) is 5.92 Å². The molecule has 0 amide bonds. The lowest BCUT2D eigenvalue weighted by Gasteiger charge is -2.13. The largest absolute Gasteiger partial charge is 0.462 e. The third kappa shape index (κ3) is 3.59. The lowest BCUT2D eigenvalue weighted by Crippen LogP contribution is -2.09. The second-order valence-electron chi connectivity index (χ2n) is 3.46. The zero-order valence-corrected chi connectivity index (χ0v) is 8.90. The van der Waals surface area contributed by atoms with Gasteiger partial charge in [0.15, 0.2) is 0 Å². The highest BCUT2D eigenvalue weighted by molar-refractivity contribution is 5.92. The molecule has 0 radical (unpaired) electrons. The second kappa shape index (κ2) is 6.02. The van der Waals surface area contributed by atoms with Crippen LogP contribution in [-0.2, 0) is 9.53 Å². The van der Waals surface area contributed by atoms with E-state index in [1.54, 1.807) is 13.0 Å². The van der Waals surface area contributed by atoms with E-state index in [-0.39, 0.29) is 5.57 Å². The number of nitrogens with zero attached hydrogens (tertiary/aromatic N) is 1. The van der Waals surface area contributed by atoms with Crippen LogP contribution in [-0.4, -0.2) is 12.6 Å². The molecule has 1 aliphatic carbocycles. The van der Waals surface area contributed by atoms with Crippen LogP contribution in [0.1, 0.15) is 26.2 Å². The van der Waals surface area contributed by atoms with Gasteiger partial charge in [0.05, 0.1) is 6.61 Å². The Balaban J connectivity index is 2.65. The molecule has 0 aromatic carbocycles. The molecule has 1 aliphatic rings. The van der Waals surface area contributed by atoms with Gasteiger partial charge in [-0.05, 0) is 32.1 Å². The van der Waals surface area contributed by atoms with Gasteiger partial charge in [0.2, 0.25) is 0 Å². The maximum atomic E-state index is 11.3. The fraction of sp³-hybridized carbons (Fsp3) is 0.500. The Morgan fingerprint density at radius 3 is 3.00 bits per heavy atom. The molecule has 0 aliphatic heterocycles. The van der Waals surface area contributed by atoms with Crippen molar-refractivity contribution < 1.29 is 9.53 Å². The highest BCUT2D eigenvalue weighted by Gasteiger charge is 2.14. The van der Waals surface area contributed by atoms with Gasteiger partial charge in [0.25, 0.3) is 0 Å². The summed E-state index contributed by atoms with van der Waals surface area (Å²) in [6.45, 7) is 2.04. The highest BCUT2D eigenvalue weighted by Crippen LogP contribution is 2.20. The maximum absolute atomic E-state index is 11.3. The molecular formula is C12H15NO2. The quantitative estimate of drug-likeness (QED) is 0.307. The first-order valence-electron chi connectivity index (χ1n) is 5.22. The van der Waals surface area contributed by atoms with Crippen molar-refractivity contribution in [1.82, 2.24) is 0 Å². The zero-order chi connectivity index (χ0) is 11.1. The molecular weight excluding hydrogens is 190 g/mol. The van der Waals surface area contributed by atoms with Gasteiger partial charge in [-0.3, -0.25) is 0 Å². The summed E-state index contributed by atoms with van der Waals surface area (Å²) in [7, 11) is 0. The Hall–Kier alpha value is -1.56. The molecule has 0 fully saturated rings. The van der Waals surface area contributed by atoms with Crippen molar-refractivity contribution in [2.45, 2.75) is 26.2 Å². The van der Waals surface area contributed by atoms with Crippen LogP contribution in [0.3, 0.4) is 0 Å². The summed E-state index contributed by atoms with van der Waals surface area (Å²) >= 11 is 0. The Labute approximate surface area is 90.0 Å². The van der Waals surface area contributed by atoms with E-state index in [9.17, 15) is 4.79 Å². The molecule has 0 heterocycles. The van der Waals surface area contributed by atoms with Crippen LogP contribution >= 0.6 is 0 Å². The molecule has 1 rings (SSSR count). The van der Waals surface area contributed by atoms with Crippen LogP contribution in [0.25, 0.3) is 0 Å². The van der Waals surface area contributed by atoms with Gasteiger partial charge in [0, 0.05) is 0 Å². The molecule has 0 bridgehead atoms. The third-order valence-corrected chi connectivity index (χ3v) is 2.33. The normalized spacial score (nSPS) is 20.8. The Morgan fingerprint density at radius 1 is 1.67 bits per heavy atom. The average molecular weight is 205 g/mol. The standard InChI is InChI=1S/C12H15NO2/c1-2-15-12(14)11(9-13)8-10-6-4-3-5-7-10/h3-4,8,10H,2,5-7H2,1H3.